The first-order valence-electron chi connectivity index (χ1n) is 9.52. The van der Waals surface area contributed by atoms with E-state index in [4.69, 9.17) is 0 Å². The predicted octanol–water partition coefficient (Wildman–Crippen LogP) is -0.191. The lowest BCUT2D eigenvalue weighted by molar-refractivity contribution is -0.883. The summed E-state index contributed by atoms with van der Waals surface area (Å²) in [6, 6.07) is 7.08. The molecule has 0 aromatic heterocycles. The van der Waals surface area contributed by atoms with Crippen molar-refractivity contribution in [2.45, 2.75) is 38.8 Å². The van der Waals surface area contributed by atoms with E-state index >= 15 is 0 Å². The third-order valence-electron chi connectivity index (χ3n) is 6.12. The summed E-state index contributed by atoms with van der Waals surface area (Å²) in [5.41, 5.74) is 0.0989. The molecule has 3 heterocycles. The zero-order valence-corrected chi connectivity index (χ0v) is 16.3. The maximum atomic E-state index is 13.7. The number of nitrogens with one attached hydrogen (secondary N) is 2. The van der Waals surface area contributed by atoms with Gasteiger partial charge in [0.15, 0.2) is 5.41 Å². The molecule has 3 atom stereocenters. The number of carbonyl (C=O) groups is 3. The molecule has 0 aliphatic carbocycles. The number of urea groups is 1. The second kappa shape index (κ2) is 5.79. The number of amides is 4. The Morgan fingerprint density at radius 3 is 2.59 bits per heavy atom. The summed E-state index contributed by atoms with van der Waals surface area (Å²) in [5, 5.41) is 2.50. The van der Waals surface area contributed by atoms with Crippen molar-refractivity contribution in [3.05, 3.63) is 29.8 Å². The summed E-state index contributed by atoms with van der Waals surface area (Å²) in [7, 11) is 2.09. The molecule has 1 spiro atoms. The number of fused-ring (bicyclic) bond motifs is 4. The molecule has 4 rings (SSSR count). The molecule has 2 N–H and O–H groups in total. The van der Waals surface area contributed by atoms with E-state index in [1.165, 1.54) is 9.80 Å². The zero-order chi connectivity index (χ0) is 19.6. The van der Waals surface area contributed by atoms with E-state index in [-0.39, 0.29) is 11.9 Å². The first kappa shape index (κ1) is 18.0. The Morgan fingerprint density at radius 2 is 1.89 bits per heavy atom. The number of benzene rings is 1. The number of anilines is 1. The van der Waals surface area contributed by atoms with Crippen LogP contribution in [-0.4, -0.2) is 61.0 Å². The van der Waals surface area contributed by atoms with Crippen LogP contribution in [-0.2, 0) is 16.0 Å². The molecule has 7 nitrogen and oxygen atoms in total. The van der Waals surface area contributed by atoms with Crippen molar-refractivity contribution in [2.75, 3.05) is 31.6 Å². The Morgan fingerprint density at radius 1 is 1.19 bits per heavy atom. The number of nitrogens with zero attached hydrogens (tertiary/aromatic N) is 2. The van der Waals surface area contributed by atoms with Gasteiger partial charge in [-0.3, -0.25) is 19.8 Å². The molecular weight excluding hydrogens is 344 g/mol. The van der Waals surface area contributed by atoms with Gasteiger partial charge in [-0.05, 0) is 32.4 Å². The van der Waals surface area contributed by atoms with E-state index in [9.17, 15) is 14.4 Å². The van der Waals surface area contributed by atoms with Crippen LogP contribution < -0.4 is 15.1 Å². The molecule has 2 fully saturated rings. The number of quaternary nitrogens is 1. The quantitative estimate of drug-likeness (QED) is 0.620. The van der Waals surface area contributed by atoms with Gasteiger partial charge >= 0.3 is 6.03 Å². The van der Waals surface area contributed by atoms with Crippen LogP contribution in [0.2, 0.25) is 0 Å². The first-order chi connectivity index (χ1) is 12.7. The van der Waals surface area contributed by atoms with Crippen molar-refractivity contribution in [3.63, 3.8) is 0 Å². The van der Waals surface area contributed by atoms with Gasteiger partial charge in [0.1, 0.15) is 6.04 Å². The van der Waals surface area contributed by atoms with Crippen LogP contribution in [0.3, 0.4) is 0 Å². The number of piperazine rings is 1. The number of carbonyl (C=O) groups excluding carboxylic acids is 3. The highest BCUT2D eigenvalue weighted by Crippen LogP contribution is 2.45. The standard InChI is InChI=1S/C20H26N4O3/c1-19(2,3)24-17(26)20(16(25)21-18(24)27)11-13-7-5-6-8-14(13)23-10-9-22(4)12-15(20)23/h5-8,15H,9-12H2,1-4H3,(H,21,25,27)/p+1/t15-,20+/m1/s1. The van der Waals surface area contributed by atoms with Gasteiger partial charge in [0, 0.05) is 17.6 Å². The van der Waals surface area contributed by atoms with Gasteiger partial charge in [0.25, 0.3) is 0 Å². The highest BCUT2D eigenvalue weighted by atomic mass is 16.2. The van der Waals surface area contributed by atoms with Crippen molar-refractivity contribution < 1.29 is 19.3 Å². The zero-order valence-electron chi connectivity index (χ0n) is 16.3. The number of barbiturate groups is 1. The Labute approximate surface area is 159 Å². The van der Waals surface area contributed by atoms with Gasteiger partial charge in [-0.2, -0.15) is 0 Å². The minimum Gasteiger partial charge on any atom is -0.355 e. The molecule has 27 heavy (non-hydrogen) atoms. The molecule has 0 radical (unpaired) electrons. The van der Waals surface area contributed by atoms with Gasteiger partial charge in [-0.15, -0.1) is 0 Å². The minimum absolute atomic E-state index is 0.272. The normalized spacial score (nSPS) is 30.9. The topological polar surface area (TPSA) is 74.2 Å². The monoisotopic (exact) mass is 371 g/mol. The highest BCUT2D eigenvalue weighted by molar-refractivity contribution is 6.20. The van der Waals surface area contributed by atoms with Crippen LogP contribution >= 0.6 is 0 Å². The highest BCUT2D eigenvalue weighted by Gasteiger charge is 2.64. The molecule has 4 amide bonds. The number of para-hydroxylation sites is 1. The lowest BCUT2D eigenvalue weighted by Crippen LogP contribution is -3.14. The summed E-state index contributed by atoms with van der Waals surface area (Å²) < 4.78 is 0. The molecule has 0 saturated carbocycles. The molecule has 2 saturated heterocycles. The summed E-state index contributed by atoms with van der Waals surface area (Å²) in [6.45, 7) is 7.86. The molecule has 1 aromatic rings. The Kier molecular flexibility index (Phi) is 3.86. The lowest BCUT2D eigenvalue weighted by Gasteiger charge is -2.54. The van der Waals surface area contributed by atoms with Gasteiger partial charge in [0.2, 0.25) is 11.8 Å². The summed E-state index contributed by atoms with van der Waals surface area (Å²) in [6.07, 6.45) is 0.322. The van der Waals surface area contributed by atoms with Crippen molar-refractivity contribution >= 4 is 23.5 Å². The second-order valence-electron chi connectivity index (χ2n) is 8.97. The molecule has 3 aliphatic heterocycles. The summed E-state index contributed by atoms with van der Waals surface area (Å²) in [5.74, 6) is -0.833. The number of hydrogen-bond acceptors (Lipinski definition) is 4. The van der Waals surface area contributed by atoms with E-state index in [2.05, 4.69) is 23.3 Å². The fourth-order valence-corrected chi connectivity index (χ4v) is 4.81. The van der Waals surface area contributed by atoms with Crippen LogP contribution in [0.25, 0.3) is 0 Å². The third kappa shape index (κ3) is 2.48. The van der Waals surface area contributed by atoms with Crippen LogP contribution in [0.5, 0.6) is 0 Å². The average Bonchev–Trinajstić information content (AvgIpc) is 2.58. The van der Waals surface area contributed by atoms with Gasteiger partial charge in [-0.25, -0.2) is 4.79 Å². The summed E-state index contributed by atoms with van der Waals surface area (Å²) in [4.78, 5) is 44.2. The first-order valence-corrected chi connectivity index (χ1v) is 9.52. The molecule has 1 unspecified atom stereocenters. The van der Waals surface area contributed by atoms with E-state index in [1.807, 2.05) is 39.0 Å². The fourth-order valence-electron chi connectivity index (χ4n) is 4.81. The van der Waals surface area contributed by atoms with Crippen molar-refractivity contribution in [1.29, 1.82) is 0 Å². The van der Waals surface area contributed by atoms with Crippen LogP contribution in [0.4, 0.5) is 10.5 Å². The Balaban J connectivity index is 1.90. The molecule has 1 aromatic carbocycles. The van der Waals surface area contributed by atoms with Gasteiger partial charge in [-0.1, -0.05) is 18.2 Å². The Bertz CT molecular complexity index is 831. The minimum atomic E-state index is -1.28. The van der Waals surface area contributed by atoms with E-state index in [1.54, 1.807) is 0 Å². The van der Waals surface area contributed by atoms with Crippen molar-refractivity contribution in [1.82, 2.24) is 10.2 Å². The third-order valence-corrected chi connectivity index (χ3v) is 6.12. The lowest BCUT2D eigenvalue weighted by atomic mass is 9.67. The number of rotatable bonds is 0. The fraction of sp³-hybridized carbons (Fsp3) is 0.550. The average molecular weight is 371 g/mol. The molecule has 144 valence electrons. The Hall–Kier alpha value is -2.41. The van der Waals surface area contributed by atoms with E-state index in [0.717, 1.165) is 24.3 Å². The summed E-state index contributed by atoms with van der Waals surface area (Å²) >= 11 is 0. The van der Waals surface area contributed by atoms with Gasteiger partial charge in [0.05, 0.1) is 26.7 Å². The van der Waals surface area contributed by atoms with Crippen molar-refractivity contribution in [2.24, 2.45) is 5.41 Å². The smallest absolute Gasteiger partial charge is 0.331 e. The molecule has 7 heteroatoms. The molecule has 0 bridgehead atoms. The van der Waals surface area contributed by atoms with E-state index < -0.39 is 22.9 Å². The van der Waals surface area contributed by atoms with Crippen molar-refractivity contribution in [3.8, 4) is 0 Å². The van der Waals surface area contributed by atoms with Crippen LogP contribution in [0.1, 0.15) is 26.3 Å². The number of likely N-dealkylation sites (N-methyl/N-ethyl adjacent to an activating group) is 1. The SMILES string of the molecule is C[NH+]1CCN2c3ccccc3C[C@@]3(C(=O)NC(=O)N(C(C)(C)C)C3=O)[C@H]2C1. The van der Waals surface area contributed by atoms with Gasteiger partial charge < -0.3 is 9.80 Å². The maximum absolute atomic E-state index is 13.7. The van der Waals surface area contributed by atoms with E-state index in [0.29, 0.717) is 13.0 Å². The number of imide groups is 2. The maximum Gasteiger partial charge on any atom is 0.331 e. The molecule has 3 aliphatic rings. The van der Waals surface area contributed by atoms with Crippen LogP contribution in [0.15, 0.2) is 24.3 Å². The largest absolute Gasteiger partial charge is 0.355 e. The second-order valence-corrected chi connectivity index (χ2v) is 8.97. The molecular formula is C20H27N4O3+. The predicted molar refractivity (Wildman–Crippen MR) is 100 cm³/mol. The number of hydrogen-bond donors (Lipinski definition) is 2. The van der Waals surface area contributed by atoms with Crippen LogP contribution in [0, 0.1) is 5.41 Å².